The number of ether oxygens (including phenoxy) is 10. The highest BCUT2D eigenvalue weighted by molar-refractivity contribution is 6.67. The number of aliphatic hydroxyl groups is 1. The van der Waals surface area contributed by atoms with Crippen molar-refractivity contribution in [2.45, 2.75) is 106 Å². The minimum absolute atomic E-state index is 0.0475. The molecule has 0 aliphatic carbocycles. The fourth-order valence-electron chi connectivity index (χ4n) is 5.35. The van der Waals surface area contributed by atoms with Crippen LogP contribution in [0.1, 0.15) is 40.2 Å². The van der Waals surface area contributed by atoms with E-state index in [2.05, 4.69) is 5.32 Å². The van der Waals surface area contributed by atoms with E-state index < -0.39 is 114 Å². The van der Waals surface area contributed by atoms with Crippen molar-refractivity contribution in [2.24, 2.45) is 0 Å². The minimum Gasteiger partial charge on any atom is -0.463 e. The van der Waals surface area contributed by atoms with E-state index in [1.807, 2.05) is 0 Å². The number of rotatable bonds is 14. The molecule has 2 saturated heterocycles. The van der Waals surface area contributed by atoms with Crippen LogP contribution in [0.3, 0.4) is 0 Å². The van der Waals surface area contributed by atoms with Gasteiger partial charge in [-0.1, -0.05) is 65.1 Å². The first-order valence-corrected chi connectivity index (χ1v) is 17.1. The number of hydrogen-bond donors (Lipinski definition) is 2. The van der Waals surface area contributed by atoms with Gasteiger partial charge in [0.2, 0.25) is 3.79 Å². The van der Waals surface area contributed by atoms with Gasteiger partial charge in [0.15, 0.2) is 37.0 Å². The Kier molecular flexibility index (Phi) is 16.8. The van der Waals surface area contributed by atoms with Crippen LogP contribution in [0.25, 0.3) is 0 Å². The maximum atomic E-state index is 12.8. The van der Waals surface area contributed by atoms with Gasteiger partial charge in [0, 0.05) is 34.6 Å². The summed E-state index contributed by atoms with van der Waals surface area (Å²) in [6.07, 6.45) is -15.7. The van der Waals surface area contributed by atoms with Crippen LogP contribution >= 0.6 is 34.8 Å². The zero-order valence-corrected chi connectivity index (χ0v) is 31.4. The van der Waals surface area contributed by atoms with Crippen molar-refractivity contribution in [1.29, 1.82) is 0 Å². The molecule has 2 N–H and O–H groups in total. The molecule has 2 aliphatic rings. The second-order valence-electron chi connectivity index (χ2n) is 11.7. The first-order valence-electron chi connectivity index (χ1n) is 15.9. The van der Waals surface area contributed by atoms with Crippen LogP contribution in [-0.2, 0) is 77.9 Å². The van der Waals surface area contributed by atoms with E-state index in [1.165, 1.54) is 0 Å². The number of hydrogen-bond acceptors (Lipinski definition) is 17. The van der Waals surface area contributed by atoms with Crippen LogP contribution in [-0.4, -0.2) is 126 Å². The highest BCUT2D eigenvalue weighted by atomic mass is 35.6. The average Bonchev–Trinajstić information content (AvgIpc) is 3.04. The summed E-state index contributed by atoms with van der Waals surface area (Å²) >= 11 is 17.1. The van der Waals surface area contributed by atoms with Crippen molar-refractivity contribution >= 4 is 70.7 Å². The SMILES string of the molecule is CC(=O)OC[C@H]1O[C@@H](O[C@H]2[C@H](OC(C)=O)[C@@H](NC(=O)OCC(Cl)(Cl)Cl)[C@H](O)O[C@@H]2COCc2ccccc2)[C@H](OC(C)=O)[C@@H](OC(C)=O)[C@H]1OC(C)=O. The van der Waals surface area contributed by atoms with Crippen molar-refractivity contribution in [3.8, 4) is 0 Å². The van der Waals surface area contributed by atoms with Crippen LogP contribution in [0.15, 0.2) is 30.3 Å². The molecule has 2 fully saturated rings. The Morgan fingerprint density at radius 2 is 1.25 bits per heavy atom. The van der Waals surface area contributed by atoms with E-state index in [-0.39, 0.29) is 13.2 Å². The molecular weight excluding hydrogens is 777 g/mol. The fourth-order valence-corrected chi connectivity index (χ4v) is 5.51. The second kappa shape index (κ2) is 20.3. The van der Waals surface area contributed by atoms with Gasteiger partial charge in [-0.15, -0.1) is 0 Å². The van der Waals surface area contributed by atoms with Gasteiger partial charge in [-0.2, -0.15) is 0 Å². The fraction of sp³-hybridized carbons (Fsp3) is 0.625. The Labute approximate surface area is 318 Å². The highest BCUT2D eigenvalue weighted by Gasteiger charge is 2.56. The number of alkyl halides is 3. The van der Waals surface area contributed by atoms with Crippen molar-refractivity contribution in [3.63, 3.8) is 0 Å². The molecule has 0 saturated carbocycles. The molecule has 296 valence electrons. The van der Waals surface area contributed by atoms with Crippen LogP contribution in [0.2, 0.25) is 0 Å². The third kappa shape index (κ3) is 14.4. The van der Waals surface area contributed by atoms with Crippen molar-refractivity contribution in [3.05, 3.63) is 35.9 Å². The Morgan fingerprint density at radius 3 is 1.81 bits per heavy atom. The summed E-state index contributed by atoms with van der Waals surface area (Å²) in [5.41, 5.74) is 0.758. The molecule has 0 aromatic heterocycles. The summed E-state index contributed by atoms with van der Waals surface area (Å²) in [5.74, 6) is -4.35. The molecule has 1 amide bonds. The number of halogens is 3. The molecule has 0 unspecified atom stereocenters. The predicted molar refractivity (Wildman–Crippen MR) is 178 cm³/mol. The molecule has 2 aliphatic heterocycles. The number of carbonyl (C=O) groups excluding carboxylic acids is 6. The summed E-state index contributed by atoms with van der Waals surface area (Å²) in [4.78, 5) is 74.0. The number of carbonyl (C=O) groups is 6. The van der Waals surface area contributed by atoms with E-state index in [9.17, 15) is 33.9 Å². The maximum Gasteiger partial charge on any atom is 0.407 e. The lowest BCUT2D eigenvalue weighted by atomic mass is 9.95. The lowest BCUT2D eigenvalue weighted by Crippen LogP contribution is -2.69. The predicted octanol–water partition coefficient (Wildman–Crippen LogP) is 1.79. The molecule has 3 rings (SSSR count). The van der Waals surface area contributed by atoms with Crippen molar-refractivity contribution in [2.75, 3.05) is 19.8 Å². The zero-order chi connectivity index (χ0) is 39.5. The highest BCUT2D eigenvalue weighted by Crippen LogP contribution is 2.34. The number of nitrogens with one attached hydrogen (secondary N) is 1. The van der Waals surface area contributed by atoms with Crippen molar-refractivity contribution < 1.29 is 81.2 Å². The maximum absolute atomic E-state index is 12.8. The normalized spacial score (nSPS) is 28.5. The Balaban J connectivity index is 2.09. The van der Waals surface area contributed by atoms with Gasteiger partial charge in [-0.05, 0) is 5.56 Å². The van der Waals surface area contributed by atoms with Gasteiger partial charge >= 0.3 is 35.9 Å². The van der Waals surface area contributed by atoms with Crippen molar-refractivity contribution in [1.82, 2.24) is 5.32 Å². The first kappa shape index (κ1) is 43.9. The largest absolute Gasteiger partial charge is 0.463 e. The van der Waals surface area contributed by atoms with E-state index in [4.69, 9.17) is 82.2 Å². The molecule has 53 heavy (non-hydrogen) atoms. The molecule has 21 heteroatoms. The quantitative estimate of drug-likeness (QED) is 0.155. The molecule has 0 bridgehead atoms. The summed E-state index contributed by atoms with van der Waals surface area (Å²) in [6.45, 7) is 3.66. The molecular formula is C32H40Cl3NO17. The smallest absolute Gasteiger partial charge is 0.407 e. The number of esters is 5. The first-order chi connectivity index (χ1) is 24.8. The van der Waals surface area contributed by atoms with Gasteiger partial charge in [-0.25, -0.2) is 4.79 Å². The molecule has 18 nitrogen and oxygen atoms in total. The number of amides is 1. The standard InChI is InChI=1S/C32H40Cl3NO17/c1-15(37)45-13-22-25(47-16(2)38)27(49-18(4)40)28(50-19(5)41)30(52-22)53-24-21(12-44-11-20-9-7-6-8-10-20)51-29(42)23(26(24)48-17(3)39)36-31(43)46-14-32(33,34)35/h6-10,21-30,42H,11-14H2,1-5H3,(H,36,43)/t21-,22-,23-,24-,25+,26-,27+,28-,29-,30+/m1/s1. The van der Waals surface area contributed by atoms with Crippen LogP contribution in [0.4, 0.5) is 4.79 Å². The van der Waals surface area contributed by atoms with Gasteiger partial charge in [-0.3, -0.25) is 24.0 Å². The average molecular weight is 817 g/mol. The summed E-state index contributed by atoms with van der Waals surface area (Å²) in [7, 11) is 0. The summed E-state index contributed by atoms with van der Waals surface area (Å²) < 4.78 is 54.0. The van der Waals surface area contributed by atoms with Gasteiger partial charge in [0.1, 0.15) is 37.6 Å². The third-order valence-corrected chi connectivity index (χ3v) is 7.58. The van der Waals surface area contributed by atoms with Gasteiger partial charge in [0.25, 0.3) is 0 Å². The monoisotopic (exact) mass is 815 g/mol. The molecule has 1 aromatic rings. The molecule has 1 aromatic carbocycles. The van der Waals surface area contributed by atoms with Gasteiger partial charge in [0.05, 0.1) is 13.2 Å². The molecule has 10 atom stereocenters. The lowest BCUT2D eigenvalue weighted by Gasteiger charge is -2.48. The van der Waals surface area contributed by atoms with E-state index in [0.29, 0.717) is 0 Å². The molecule has 0 spiro atoms. The Hall–Kier alpha value is -3.49. The number of benzene rings is 1. The summed E-state index contributed by atoms with van der Waals surface area (Å²) in [6, 6.07) is 7.30. The Morgan fingerprint density at radius 1 is 0.698 bits per heavy atom. The second-order valence-corrected chi connectivity index (χ2v) is 14.2. The topological polar surface area (TPSA) is 227 Å². The Bertz CT molecular complexity index is 1430. The summed E-state index contributed by atoms with van der Waals surface area (Å²) in [5, 5.41) is 13.4. The third-order valence-electron chi connectivity index (χ3n) is 7.25. The van der Waals surface area contributed by atoms with E-state index in [0.717, 1.165) is 40.2 Å². The number of alkyl carbamates (subject to hydrolysis) is 1. The van der Waals surface area contributed by atoms with Crippen LogP contribution < -0.4 is 5.32 Å². The zero-order valence-electron chi connectivity index (χ0n) is 29.1. The lowest BCUT2D eigenvalue weighted by molar-refractivity contribution is -0.348. The molecule has 0 radical (unpaired) electrons. The van der Waals surface area contributed by atoms with E-state index in [1.54, 1.807) is 30.3 Å². The molecule has 2 heterocycles. The number of aliphatic hydroxyl groups excluding tert-OH is 1. The minimum atomic E-state index is -2.00. The van der Waals surface area contributed by atoms with E-state index >= 15 is 0 Å². The van der Waals surface area contributed by atoms with Gasteiger partial charge < -0.3 is 57.8 Å². The van der Waals surface area contributed by atoms with Crippen LogP contribution in [0.5, 0.6) is 0 Å². The van der Waals surface area contributed by atoms with Crippen LogP contribution in [0, 0.1) is 0 Å².